The second-order valence-corrected chi connectivity index (χ2v) is 4.05. The van der Waals surface area contributed by atoms with E-state index in [1.165, 1.54) is 0 Å². The van der Waals surface area contributed by atoms with Crippen LogP contribution in [0, 0.1) is 0 Å². The number of ketones is 1. The summed E-state index contributed by atoms with van der Waals surface area (Å²) in [7, 11) is 0. The number of nitrogens with two attached hydrogens (primary N) is 1. The van der Waals surface area contributed by atoms with Crippen molar-refractivity contribution in [2.75, 3.05) is 17.6 Å². The number of anilines is 2. The largest absolute Gasteiger partial charge is 0.481 e. The maximum Gasteiger partial charge on any atom is 0.305 e. The number of carbonyl (C=O) groups excluding carboxylic acids is 1. The summed E-state index contributed by atoms with van der Waals surface area (Å²) < 4.78 is 0. The molecule has 1 rings (SSSR count). The molecule has 0 atom stereocenters. The van der Waals surface area contributed by atoms with Crippen molar-refractivity contribution in [1.29, 1.82) is 0 Å². The van der Waals surface area contributed by atoms with E-state index in [0.29, 0.717) is 29.9 Å². The van der Waals surface area contributed by atoms with Gasteiger partial charge in [0.2, 0.25) is 0 Å². The van der Waals surface area contributed by atoms with Crippen LogP contribution in [-0.2, 0) is 4.79 Å². The van der Waals surface area contributed by atoms with Crippen LogP contribution in [-0.4, -0.2) is 23.4 Å². The van der Waals surface area contributed by atoms with E-state index >= 15 is 0 Å². The fourth-order valence-corrected chi connectivity index (χ4v) is 1.57. The number of carboxylic acids is 1. The van der Waals surface area contributed by atoms with Gasteiger partial charge in [-0.05, 0) is 24.6 Å². The van der Waals surface area contributed by atoms with Crippen LogP contribution in [0.5, 0.6) is 0 Å². The first-order chi connectivity index (χ1) is 8.54. The molecule has 0 heterocycles. The highest BCUT2D eigenvalue weighted by Crippen LogP contribution is 2.20. The van der Waals surface area contributed by atoms with E-state index in [4.69, 9.17) is 10.8 Å². The molecule has 0 spiro atoms. The molecule has 1 aromatic rings. The minimum absolute atomic E-state index is 0.0238. The predicted octanol–water partition coefficient (Wildman–Crippen LogP) is 2.14. The zero-order chi connectivity index (χ0) is 13.5. The number of hydrogen-bond acceptors (Lipinski definition) is 4. The zero-order valence-corrected chi connectivity index (χ0v) is 10.4. The smallest absolute Gasteiger partial charge is 0.305 e. The molecule has 0 bridgehead atoms. The number of hydrogen-bond donors (Lipinski definition) is 3. The first-order valence-electron chi connectivity index (χ1n) is 5.93. The molecule has 0 aliphatic rings. The third-order valence-electron chi connectivity index (χ3n) is 2.50. The van der Waals surface area contributed by atoms with Crippen LogP contribution in [0.2, 0.25) is 0 Å². The highest BCUT2D eigenvalue weighted by molar-refractivity contribution is 5.97. The second-order valence-electron chi connectivity index (χ2n) is 4.05. The topological polar surface area (TPSA) is 92.4 Å². The lowest BCUT2D eigenvalue weighted by Gasteiger charge is -2.09. The van der Waals surface area contributed by atoms with Gasteiger partial charge in [-0.1, -0.05) is 6.92 Å². The highest BCUT2D eigenvalue weighted by atomic mass is 16.4. The normalized spacial score (nSPS) is 10.1. The first-order valence-corrected chi connectivity index (χ1v) is 5.93. The first kappa shape index (κ1) is 14.0. The molecule has 5 nitrogen and oxygen atoms in total. The molecule has 98 valence electrons. The molecule has 0 radical (unpaired) electrons. The molecule has 5 heteroatoms. The lowest BCUT2D eigenvalue weighted by molar-refractivity contribution is -0.136. The van der Waals surface area contributed by atoms with E-state index in [9.17, 15) is 9.59 Å². The third kappa shape index (κ3) is 4.08. The van der Waals surface area contributed by atoms with Crippen LogP contribution < -0.4 is 11.1 Å². The summed E-state index contributed by atoms with van der Waals surface area (Å²) in [5, 5.41) is 11.4. The van der Waals surface area contributed by atoms with Gasteiger partial charge in [0.05, 0.1) is 17.8 Å². The van der Waals surface area contributed by atoms with Crippen molar-refractivity contribution in [3.8, 4) is 0 Å². The van der Waals surface area contributed by atoms with E-state index in [2.05, 4.69) is 5.32 Å². The second kappa shape index (κ2) is 6.64. The molecule has 1 aromatic carbocycles. The molecule has 0 saturated carbocycles. The Morgan fingerprint density at radius 2 is 2.06 bits per heavy atom. The van der Waals surface area contributed by atoms with Crippen molar-refractivity contribution in [3.05, 3.63) is 23.8 Å². The van der Waals surface area contributed by atoms with Crippen LogP contribution in [0.4, 0.5) is 11.4 Å². The fraction of sp³-hybridized carbons (Fsp3) is 0.385. The Hall–Kier alpha value is -2.04. The summed E-state index contributed by atoms with van der Waals surface area (Å²) in [4.78, 5) is 22.0. The van der Waals surface area contributed by atoms with Gasteiger partial charge >= 0.3 is 5.97 Å². The number of Topliss-reactive ketones (excluding diaryl/α,β-unsaturated/α-hetero) is 1. The monoisotopic (exact) mass is 250 g/mol. The van der Waals surface area contributed by atoms with Gasteiger partial charge in [-0.15, -0.1) is 0 Å². The molecule has 18 heavy (non-hydrogen) atoms. The van der Waals surface area contributed by atoms with Gasteiger partial charge in [0, 0.05) is 18.5 Å². The van der Waals surface area contributed by atoms with Crippen LogP contribution >= 0.6 is 0 Å². The van der Waals surface area contributed by atoms with Gasteiger partial charge in [-0.3, -0.25) is 9.59 Å². The summed E-state index contributed by atoms with van der Waals surface area (Å²) in [5.74, 6) is -0.794. The molecule has 0 amide bonds. The summed E-state index contributed by atoms with van der Waals surface area (Å²) in [6.45, 7) is 2.25. The Morgan fingerprint density at radius 1 is 1.33 bits per heavy atom. The third-order valence-corrected chi connectivity index (χ3v) is 2.50. The molecule has 0 aliphatic heterocycles. The molecule has 0 fully saturated rings. The molecule has 4 N–H and O–H groups in total. The molecular weight excluding hydrogens is 232 g/mol. The molecular formula is C13H18N2O3. The molecule has 0 saturated heterocycles. The lowest BCUT2D eigenvalue weighted by Crippen LogP contribution is -2.09. The van der Waals surface area contributed by atoms with Crippen LogP contribution in [0.25, 0.3) is 0 Å². The summed E-state index contributed by atoms with van der Waals surface area (Å²) in [6.07, 6.45) is 1.33. The SMILES string of the molecule is CCCC(=O)c1ccc(NCCC(=O)O)c(N)c1. The van der Waals surface area contributed by atoms with Crippen LogP contribution in [0.15, 0.2) is 18.2 Å². The summed E-state index contributed by atoms with van der Waals surface area (Å²) in [6, 6.07) is 5.04. The standard InChI is InChI=1S/C13H18N2O3/c1-2-3-12(16)9-4-5-11(10(14)8-9)15-7-6-13(17)18/h4-5,8,15H,2-3,6-7,14H2,1H3,(H,17,18). The maximum atomic E-state index is 11.7. The Labute approximate surface area is 106 Å². The number of carboxylic acid groups (broad SMARTS) is 1. The summed E-state index contributed by atoms with van der Waals surface area (Å²) >= 11 is 0. The van der Waals surface area contributed by atoms with E-state index in [1.54, 1.807) is 18.2 Å². The number of aliphatic carboxylic acids is 1. The van der Waals surface area contributed by atoms with Gasteiger partial charge in [0.15, 0.2) is 5.78 Å². The molecule has 0 aliphatic carbocycles. The number of nitrogens with one attached hydrogen (secondary N) is 1. The minimum atomic E-state index is -0.865. The van der Waals surface area contributed by atoms with Gasteiger partial charge < -0.3 is 16.2 Å². The Balaban J connectivity index is 2.67. The Kier molecular flexibility index (Phi) is 5.17. The Bertz CT molecular complexity index is 444. The quantitative estimate of drug-likeness (QED) is 0.509. The van der Waals surface area contributed by atoms with Gasteiger partial charge in [0.25, 0.3) is 0 Å². The summed E-state index contributed by atoms with van der Waals surface area (Å²) in [5.41, 5.74) is 7.52. The molecule has 0 aromatic heterocycles. The average molecular weight is 250 g/mol. The number of carbonyl (C=O) groups is 2. The van der Waals surface area contributed by atoms with Crippen molar-refractivity contribution >= 4 is 23.1 Å². The van der Waals surface area contributed by atoms with Crippen molar-refractivity contribution < 1.29 is 14.7 Å². The van der Waals surface area contributed by atoms with Crippen LogP contribution in [0.3, 0.4) is 0 Å². The van der Waals surface area contributed by atoms with Crippen molar-refractivity contribution in [3.63, 3.8) is 0 Å². The predicted molar refractivity (Wildman–Crippen MR) is 70.8 cm³/mol. The lowest BCUT2D eigenvalue weighted by atomic mass is 10.1. The van der Waals surface area contributed by atoms with E-state index < -0.39 is 5.97 Å². The van der Waals surface area contributed by atoms with E-state index in [1.807, 2.05) is 6.92 Å². The van der Waals surface area contributed by atoms with Crippen molar-refractivity contribution in [1.82, 2.24) is 0 Å². The van der Waals surface area contributed by atoms with Gasteiger partial charge in [0.1, 0.15) is 0 Å². The molecule has 0 unspecified atom stereocenters. The zero-order valence-electron chi connectivity index (χ0n) is 10.4. The minimum Gasteiger partial charge on any atom is -0.481 e. The van der Waals surface area contributed by atoms with Gasteiger partial charge in [-0.25, -0.2) is 0 Å². The Morgan fingerprint density at radius 3 is 2.61 bits per heavy atom. The van der Waals surface area contributed by atoms with Crippen LogP contribution in [0.1, 0.15) is 36.5 Å². The van der Waals surface area contributed by atoms with Crippen molar-refractivity contribution in [2.45, 2.75) is 26.2 Å². The fourth-order valence-electron chi connectivity index (χ4n) is 1.57. The van der Waals surface area contributed by atoms with Gasteiger partial charge in [-0.2, -0.15) is 0 Å². The number of benzene rings is 1. The maximum absolute atomic E-state index is 11.7. The average Bonchev–Trinajstić information content (AvgIpc) is 2.31. The van der Waals surface area contributed by atoms with E-state index in [0.717, 1.165) is 6.42 Å². The number of rotatable bonds is 7. The highest BCUT2D eigenvalue weighted by Gasteiger charge is 2.07. The van der Waals surface area contributed by atoms with E-state index in [-0.39, 0.29) is 12.2 Å². The number of nitrogen functional groups attached to an aromatic ring is 1. The van der Waals surface area contributed by atoms with Crippen molar-refractivity contribution in [2.24, 2.45) is 0 Å².